The summed E-state index contributed by atoms with van der Waals surface area (Å²) in [4.78, 5) is 8.80. The summed E-state index contributed by atoms with van der Waals surface area (Å²) in [5, 5.41) is 4.75. The third-order valence-corrected chi connectivity index (χ3v) is 3.05. The van der Waals surface area contributed by atoms with Crippen LogP contribution in [0.4, 0.5) is 0 Å². The van der Waals surface area contributed by atoms with Crippen molar-refractivity contribution in [3.63, 3.8) is 0 Å². The van der Waals surface area contributed by atoms with Crippen LogP contribution in [0.15, 0.2) is 12.4 Å². The Balaban J connectivity index is 2.46. The second-order valence-electron chi connectivity index (χ2n) is 3.84. The Kier molecular flexibility index (Phi) is 3.43. The number of aromatic nitrogens is 4. The highest BCUT2D eigenvalue weighted by molar-refractivity contribution is 6.30. The minimum atomic E-state index is 0.541. The van der Waals surface area contributed by atoms with Crippen molar-refractivity contribution >= 4 is 11.6 Å². The molecule has 0 saturated carbocycles. The number of nitrogens with zero attached hydrogens (tertiary/aromatic N) is 4. The maximum absolute atomic E-state index is 6.15. The molecule has 2 heterocycles. The Morgan fingerprint density at radius 2 is 2.06 bits per heavy atom. The predicted octanol–water partition coefficient (Wildman–Crippen LogP) is 2.88. The van der Waals surface area contributed by atoms with Crippen molar-refractivity contribution in [2.45, 2.75) is 33.7 Å². The number of rotatable bonds is 3. The smallest absolute Gasteiger partial charge is 0.164 e. The van der Waals surface area contributed by atoms with Crippen LogP contribution in [0, 0.1) is 6.92 Å². The zero-order valence-corrected chi connectivity index (χ0v) is 11.0. The van der Waals surface area contributed by atoms with Gasteiger partial charge >= 0.3 is 0 Å². The van der Waals surface area contributed by atoms with Gasteiger partial charge in [-0.1, -0.05) is 18.5 Å². The molecule has 0 atom stereocenters. The summed E-state index contributed by atoms with van der Waals surface area (Å²) >= 11 is 6.15. The van der Waals surface area contributed by atoms with E-state index in [2.05, 4.69) is 15.1 Å². The highest BCUT2D eigenvalue weighted by Gasteiger charge is 2.11. The molecule has 0 unspecified atom stereocenters. The van der Waals surface area contributed by atoms with Gasteiger partial charge in [0.05, 0.1) is 11.8 Å². The maximum Gasteiger partial charge on any atom is 0.164 e. The predicted molar refractivity (Wildman–Crippen MR) is 68.1 cm³/mol. The lowest BCUT2D eigenvalue weighted by Crippen LogP contribution is -1.98. The summed E-state index contributed by atoms with van der Waals surface area (Å²) in [7, 11) is 0. The Morgan fingerprint density at radius 3 is 2.59 bits per heavy atom. The minimum Gasteiger partial charge on any atom is -0.272 e. The first-order valence-electron chi connectivity index (χ1n) is 5.71. The van der Waals surface area contributed by atoms with E-state index in [-0.39, 0.29) is 0 Å². The molecule has 0 saturated heterocycles. The van der Waals surface area contributed by atoms with Crippen molar-refractivity contribution in [1.29, 1.82) is 0 Å². The molecule has 90 valence electrons. The van der Waals surface area contributed by atoms with Crippen LogP contribution in [0.25, 0.3) is 11.4 Å². The van der Waals surface area contributed by atoms with E-state index in [1.165, 1.54) is 0 Å². The van der Waals surface area contributed by atoms with E-state index in [0.717, 1.165) is 29.8 Å². The van der Waals surface area contributed by atoms with Crippen LogP contribution in [0.2, 0.25) is 5.15 Å². The zero-order valence-electron chi connectivity index (χ0n) is 10.2. The molecule has 0 aliphatic rings. The highest BCUT2D eigenvalue weighted by atomic mass is 35.5. The van der Waals surface area contributed by atoms with Crippen LogP contribution < -0.4 is 0 Å². The van der Waals surface area contributed by atoms with Crippen molar-refractivity contribution in [3.05, 3.63) is 28.8 Å². The fourth-order valence-electron chi connectivity index (χ4n) is 1.74. The monoisotopic (exact) mass is 250 g/mol. The topological polar surface area (TPSA) is 43.6 Å². The van der Waals surface area contributed by atoms with Crippen LogP contribution in [0.5, 0.6) is 0 Å². The van der Waals surface area contributed by atoms with Crippen LogP contribution in [-0.4, -0.2) is 19.7 Å². The second-order valence-corrected chi connectivity index (χ2v) is 4.20. The SMILES string of the molecule is CCc1c(C)nc(-c2cnn(CC)c2)nc1Cl. The summed E-state index contributed by atoms with van der Waals surface area (Å²) in [5.74, 6) is 0.643. The summed E-state index contributed by atoms with van der Waals surface area (Å²) in [6, 6.07) is 0. The largest absolute Gasteiger partial charge is 0.272 e. The Hall–Kier alpha value is -1.42. The maximum atomic E-state index is 6.15. The molecule has 2 aromatic heterocycles. The highest BCUT2D eigenvalue weighted by Crippen LogP contribution is 2.22. The number of hydrogen-bond acceptors (Lipinski definition) is 3. The summed E-state index contributed by atoms with van der Waals surface area (Å²) < 4.78 is 1.84. The van der Waals surface area contributed by atoms with Gasteiger partial charge in [0, 0.05) is 24.0 Å². The number of aryl methyl sites for hydroxylation is 2. The number of halogens is 1. The van der Waals surface area contributed by atoms with E-state index in [1.54, 1.807) is 6.20 Å². The van der Waals surface area contributed by atoms with Crippen LogP contribution >= 0.6 is 11.6 Å². The van der Waals surface area contributed by atoms with Crippen molar-refractivity contribution in [2.24, 2.45) is 0 Å². The van der Waals surface area contributed by atoms with Gasteiger partial charge in [-0.25, -0.2) is 9.97 Å². The van der Waals surface area contributed by atoms with Gasteiger partial charge in [-0.15, -0.1) is 0 Å². The first-order valence-corrected chi connectivity index (χ1v) is 6.09. The molecule has 0 bridgehead atoms. The molecular formula is C12H15ClN4. The molecule has 0 aromatic carbocycles. The molecule has 0 fully saturated rings. The Bertz CT molecular complexity index is 510. The molecular weight excluding hydrogens is 236 g/mol. The van der Waals surface area contributed by atoms with Gasteiger partial charge in [-0.05, 0) is 20.3 Å². The lowest BCUT2D eigenvalue weighted by molar-refractivity contribution is 0.660. The summed E-state index contributed by atoms with van der Waals surface area (Å²) in [5.41, 5.74) is 2.85. The average molecular weight is 251 g/mol. The van der Waals surface area contributed by atoms with Crippen LogP contribution in [-0.2, 0) is 13.0 Å². The first-order chi connectivity index (χ1) is 8.15. The minimum absolute atomic E-state index is 0.541. The molecule has 17 heavy (non-hydrogen) atoms. The van der Waals surface area contributed by atoms with Crippen LogP contribution in [0.1, 0.15) is 25.1 Å². The van der Waals surface area contributed by atoms with E-state index in [1.807, 2.05) is 31.6 Å². The quantitative estimate of drug-likeness (QED) is 0.787. The average Bonchev–Trinajstić information content (AvgIpc) is 2.77. The van der Waals surface area contributed by atoms with E-state index >= 15 is 0 Å². The van der Waals surface area contributed by atoms with Gasteiger partial charge in [-0.3, -0.25) is 4.68 Å². The standard InChI is InChI=1S/C12H15ClN4/c1-4-10-8(3)15-12(16-11(10)13)9-6-14-17(5-2)7-9/h6-7H,4-5H2,1-3H3. The van der Waals surface area contributed by atoms with Gasteiger partial charge in [0.15, 0.2) is 5.82 Å². The van der Waals surface area contributed by atoms with Crippen molar-refractivity contribution in [3.8, 4) is 11.4 Å². The second kappa shape index (κ2) is 4.84. The summed E-state index contributed by atoms with van der Waals surface area (Å²) in [6.07, 6.45) is 4.54. The molecule has 0 radical (unpaired) electrons. The molecule has 0 aliphatic heterocycles. The third kappa shape index (κ3) is 2.31. The molecule has 0 aliphatic carbocycles. The van der Waals surface area contributed by atoms with Gasteiger partial charge < -0.3 is 0 Å². The fraction of sp³-hybridized carbons (Fsp3) is 0.417. The molecule has 0 amide bonds. The molecule has 2 rings (SSSR count). The van der Waals surface area contributed by atoms with Crippen molar-refractivity contribution in [1.82, 2.24) is 19.7 Å². The van der Waals surface area contributed by atoms with Gasteiger partial charge in [0.1, 0.15) is 5.15 Å². The first kappa shape index (κ1) is 12.0. The van der Waals surface area contributed by atoms with Gasteiger partial charge in [0.25, 0.3) is 0 Å². The van der Waals surface area contributed by atoms with E-state index < -0.39 is 0 Å². The molecule has 4 nitrogen and oxygen atoms in total. The van der Waals surface area contributed by atoms with Crippen LogP contribution in [0.3, 0.4) is 0 Å². The lowest BCUT2D eigenvalue weighted by atomic mass is 10.2. The third-order valence-electron chi connectivity index (χ3n) is 2.73. The van der Waals surface area contributed by atoms with Gasteiger partial charge in [0.2, 0.25) is 0 Å². The van der Waals surface area contributed by atoms with Crippen molar-refractivity contribution in [2.75, 3.05) is 0 Å². The van der Waals surface area contributed by atoms with Crippen molar-refractivity contribution < 1.29 is 0 Å². The van der Waals surface area contributed by atoms with E-state index in [9.17, 15) is 0 Å². The lowest BCUT2D eigenvalue weighted by Gasteiger charge is -2.06. The zero-order chi connectivity index (χ0) is 12.4. The molecule has 0 spiro atoms. The number of hydrogen-bond donors (Lipinski definition) is 0. The normalized spacial score (nSPS) is 10.8. The fourth-order valence-corrected chi connectivity index (χ4v) is 2.09. The van der Waals surface area contributed by atoms with E-state index in [0.29, 0.717) is 11.0 Å². The Labute approximate surface area is 106 Å². The molecule has 5 heteroatoms. The molecule has 0 N–H and O–H groups in total. The summed E-state index contributed by atoms with van der Waals surface area (Å²) in [6.45, 7) is 6.88. The molecule has 2 aromatic rings. The Morgan fingerprint density at radius 1 is 1.29 bits per heavy atom. The van der Waals surface area contributed by atoms with E-state index in [4.69, 9.17) is 11.6 Å². The van der Waals surface area contributed by atoms with Gasteiger partial charge in [-0.2, -0.15) is 5.10 Å².